The molecule has 0 aromatic heterocycles. The van der Waals surface area contributed by atoms with Gasteiger partial charge in [-0.25, -0.2) is 15.2 Å². The third-order valence-electron chi connectivity index (χ3n) is 5.07. The van der Waals surface area contributed by atoms with Crippen LogP contribution in [-0.2, 0) is 4.79 Å². The third kappa shape index (κ3) is 4.32. The average molecular weight is 384 g/mol. The van der Waals surface area contributed by atoms with Crippen molar-refractivity contribution in [3.05, 3.63) is 35.4 Å². The predicted octanol–water partition coefficient (Wildman–Crippen LogP) is 2.05. The van der Waals surface area contributed by atoms with Gasteiger partial charge in [0.1, 0.15) is 0 Å². The molecule has 3 rings (SSSR count). The highest BCUT2D eigenvalue weighted by molar-refractivity contribution is 6.03. The zero-order chi connectivity index (χ0) is 20.1. The zero-order valence-corrected chi connectivity index (χ0v) is 16.7. The van der Waals surface area contributed by atoms with Crippen LogP contribution in [0.4, 0.5) is 4.79 Å². The van der Waals surface area contributed by atoms with Gasteiger partial charge in [-0.15, -0.1) is 0 Å². The van der Waals surface area contributed by atoms with Crippen LogP contribution >= 0.6 is 0 Å². The van der Waals surface area contributed by atoms with Gasteiger partial charge in [0.25, 0.3) is 5.91 Å². The molecule has 2 unspecified atom stereocenters. The quantitative estimate of drug-likeness (QED) is 0.428. The summed E-state index contributed by atoms with van der Waals surface area (Å²) < 4.78 is 0. The number of aliphatic imine (C=N–C) groups is 1. The van der Waals surface area contributed by atoms with Crippen molar-refractivity contribution in [3.8, 4) is 0 Å². The minimum absolute atomic E-state index is 0.313. The molecule has 1 fully saturated rings. The van der Waals surface area contributed by atoms with Gasteiger partial charge >= 0.3 is 6.03 Å². The van der Waals surface area contributed by atoms with E-state index >= 15 is 0 Å². The zero-order valence-electron chi connectivity index (χ0n) is 16.7. The molecule has 28 heavy (non-hydrogen) atoms. The Morgan fingerprint density at radius 1 is 1.21 bits per heavy atom. The summed E-state index contributed by atoms with van der Waals surface area (Å²) in [6, 6.07) is 7.06. The highest BCUT2D eigenvalue weighted by atomic mass is 16.2. The van der Waals surface area contributed by atoms with Gasteiger partial charge in [0, 0.05) is 13.6 Å². The second-order valence-corrected chi connectivity index (χ2v) is 7.25. The van der Waals surface area contributed by atoms with Crippen LogP contribution in [0, 0.1) is 6.92 Å². The molecule has 2 heterocycles. The molecule has 0 aliphatic carbocycles. The average Bonchev–Trinajstić information content (AvgIpc) is 3.04. The summed E-state index contributed by atoms with van der Waals surface area (Å²) in [6.07, 6.45) is 5.51. The van der Waals surface area contributed by atoms with Gasteiger partial charge in [0.15, 0.2) is 12.2 Å². The van der Waals surface area contributed by atoms with Crippen molar-refractivity contribution >= 4 is 24.1 Å². The number of guanidine groups is 1. The maximum absolute atomic E-state index is 12.5. The van der Waals surface area contributed by atoms with Crippen LogP contribution in [0.25, 0.3) is 0 Å². The van der Waals surface area contributed by atoms with Crippen molar-refractivity contribution in [3.63, 3.8) is 0 Å². The number of likely N-dealkylation sites (N-methyl/N-ethyl adjacent to an activating group) is 1. The standard InChI is InChI=1S/C20H28N6O2/c1-4-5-6-7-12-26-16-17(25(3)20(28)23-18(16)27)22-19(26)24-21-13-15-10-8-14(2)9-11-15/h8-11,13,16-17H,4-7,12H2,1-3H3,(H,22,24)(H,23,27,28)/b21-13+. The number of carbonyl (C=O) groups excluding carboxylic acids is 2. The molecule has 0 radical (unpaired) electrons. The summed E-state index contributed by atoms with van der Waals surface area (Å²) in [6.45, 7) is 4.88. The molecular weight excluding hydrogens is 356 g/mol. The van der Waals surface area contributed by atoms with Crippen molar-refractivity contribution < 1.29 is 9.59 Å². The van der Waals surface area contributed by atoms with Gasteiger partial charge in [0.05, 0.1) is 6.21 Å². The molecule has 0 saturated carbocycles. The largest absolute Gasteiger partial charge is 0.326 e. The third-order valence-corrected chi connectivity index (χ3v) is 5.07. The summed E-state index contributed by atoms with van der Waals surface area (Å²) >= 11 is 0. The van der Waals surface area contributed by atoms with E-state index in [2.05, 4.69) is 27.8 Å². The molecule has 8 nitrogen and oxygen atoms in total. The molecule has 1 saturated heterocycles. The number of imide groups is 1. The van der Waals surface area contributed by atoms with Crippen molar-refractivity contribution in [1.29, 1.82) is 0 Å². The lowest BCUT2D eigenvalue weighted by molar-refractivity contribution is -0.127. The molecule has 0 spiro atoms. The van der Waals surface area contributed by atoms with Crippen molar-refractivity contribution in [2.45, 2.75) is 51.7 Å². The summed E-state index contributed by atoms with van der Waals surface area (Å²) in [4.78, 5) is 32.4. The van der Waals surface area contributed by atoms with Crippen LogP contribution in [0.1, 0.15) is 43.7 Å². The second-order valence-electron chi connectivity index (χ2n) is 7.25. The first-order chi connectivity index (χ1) is 13.5. The topological polar surface area (TPSA) is 89.4 Å². The Labute approximate surface area is 165 Å². The van der Waals surface area contributed by atoms with E-state index in [-0.39, 0.29) is 5.91 Å². The Morgan fingerprint density at radius 2 is 1.96 bits per heavy atom. The number of aryl methyl sites for hydroxylation is 1. The Balaban J connectivity index is 1.73. The van der Waals surface area contributed by atoms with Crippen LogP contribution in [0.2, 0.25) is 0 Å². The lowest BCUT2D eigenvalue weighted by Crippen LogP contribution is -2.64. The number of urea groups is 1. The lowest BCUT2D eigenvalue weighted by Gasteiger charge is -2.36. The number of unbranched alkanes of at least 4 members (excludes halogenated alkanes) is 3. The highest BCUT2D eigenvalue weighted by Gasteiger charge is 2.48. The Kier molecular flexibility index (Phi) is 6.28. The van der Waals surface area contributed by atoms with E-state index in [1.165, 1.54) is 10.5 Å². The molecule has 2 aliphatic rings. The fourth-order valence-corrected chi connectivity index (χ4v) is 3.39. The Bertz CT molecular complexity index is 773. The normalized spacial score (nSPS) is 21.8. The molecule has 150 valence electrons. The van der Waals surface area contributed by atoms with E-state index in [4.69, 9.17) is 0 Å². The SMILES string of the molecule is CCCCCCN1C(N/N=C/c2ccc(C)cc2)=NC2C1C(=O)NC(=O)N2C. The smallest absolute Gasteiger partial charge is 0.325 e. The van der Waals surface area contributed by atoms with Crippen LogP contribution in [0.5, 0.6) is 0 Å². The summed E-state index contributed by atoms with van der Waals surface area (Å²) in [7, 11) is 1.65. The van der Waals surface area contributed by atoms with E-state index in [1.54, 1.807) is 13.3 Å². The number of hydrogen-bond acceptors (Lipinski definition) is 6. The number of fused-ring (bicyclic) bond motifs is 1. The summed E-state index contributed by atoms with van der Waals surface area (Å²) in [5.41, 5.74) is 5.13. The number of hydrazone groups is 1. The number of nitrogens with one attached hydrogen (secondary N) is 2. The van der Waals surface area contributed by atoms with E-state index in [9.17, 15) is 9.59 Å². The molecular formula is C20H28N6O2. The molecule has 2 aliphatic heterocycles. The van der Waals surface area contributed by atoms with Gasteiger partial charge in [0.2, 0.25) is 5.96 Å². The van der Waals surface area contributed by atoms with E-state index in [0.717, 1.165) is 31.2 Å². The van der Waals surface area contributed by atoms with Gasteiger partial charge < -0.3 is 9.80 Å². The van der Waals surface area contributed by atoms with Crippen molar-refractivity contribution in [1.82, 2.24) is 20.5 Å². The number of hydrogen-bond donors (Lipinski definition) is 2. The van der Waals surface area contributed by atoms with Crippen LogP contribution in [0.3, 0.4) is 0 Å². The van der Waals surface area contributed by atoms with Crippen molar-refractivity contribution in [2.75, 3.05) is 13.6 Å². The maximum atomic E-state index is 12.5. The van der Waals surface area contributed by atoms with Gasteiger partial charge in [-0.1, -0.05) is 56.0 Å². The number of rotatable bonds is 7. The maximum Gasteiger partial charge on any atom is 0.325 e. The van der Waals surface area contributed by atoms with Crippen LogP contribution in [-0.4, -0.2) is 59.7 Å². The number of nitrogens with zero attached hydrogens (tertiary/aromatic N) is 4. The van der Waals surface area contributed by atoms with Gasteiger partial charge in [-0.2, -0.15) is 5.10 Å². The molecule has 3 amide bonds. The van der Waals surface area contributed by atoms with Crippen molar-refractivity contribution in [2.24, 2.45) is 10.1 Å². The molecule has 2 N–H and O–H groups in total. The predicted molar refractivity (Wildman–Crippen MR) is 109 cm³/mol. The van der Waals surface area contributed by atoms with E-state index < -0.39 is 18.2 Å². The molecule has 8 heteroatoms. The first-order valence-electron chi connectivity index (χ1n) is 9.79. The van der Waals surface area contributed by atoms with Gasteiger partial charge in [-0.05, 0) is 18.9 Å². The van der Waals surface area contributed by atoms with Gasteiger partial charge in [-0.3, -0.25) is 10.1 Å². The Hall–Kier alpha value is -2.90. The van der Waals surface area contributed by atoms with E-state index in [1.807, 2.05) is 36.1 Å². The number of carbonyl (C=O) groups is 2. The van der Waals surface area contributed by atoms with Crippen LogP contribution < -0.4 is 10.7 Å². The number of benzene rings is 1. The first-order valence-corrected chi connectivity index (χ1v) is 9.79. The first kappa shape index (κ1) is 19.9. The minimum atomic E-state index is -0.537. The van der Waals surface area contributed by atoms with E-state index in [0.29, 0.717) is 12.5 Å². The van der Waals surface area contributed by atoms with Crippen LogP contribution in [0.15, 0.2) is 34.4 Å². The molecule has 1 aromatic rings. The lowest BCUT2D eigenvalue weighted by atomic mass is 10.1. The molecule has 0 bridgehead atoms. The highest BCUT2D eigenvalue weighted by Crippen LogP contribution is 2.23. The summed E-state index contributed by atoms with van der Waals surface area (Å²) in [5, 5.41) is 6.70. The number of amides is 3. The fourth-order valence-electron chi connectivity index (χ4n) is 3.39. The molecule has 2 atom stereocenters. The molecule has 1 aromatic carbocycles. The summed E-state index contributed by atoms with van der Waals surface area (Å²) in [5.74, 6) is 0.207. The minimum Gasteiger partial charge on any atom is -0.326 e. The fraction of sp³-hybridized carbons (Fsp3) is 0.500. The second kappa shape index (κ2) is 8.86. The Morgan fingerprint density at radius 3 is 2.68 bits per heavy atom. The monoisotopic (exact) mass is 384 g/mol.